The predicted molar refractivity (Wildman–Crippen MR) is 92.4 cm³/mol. The van der Waals surface area contributed by atoms with Crippen LogP contribution in [0, 0.1) is 5.82 Å². The molecule has 0 aromatic heterocycles. The van der Waals surface area contributed by atoms with E-state index in [4.69, 9.17) is 9.84 Å². The summed E-state index contributed by atoms with van der Waals surface area (Å²) in [5.74, 6) is -1.69. The smallest absolute Gasteiger partial charge is 0.307 e. The lowest BCUT2D eigenvalue weighted by Crippen LogP contribution is -2.20. The van der Waals surface area contributed by atoms with E-state index in [0.717, 1.165) is 11.6 Å². The molecule has 5 nitrogen and oxygen atoms in total. The van der Waals surface area contributed by atoms with Crippen molar-refractivity contribution in [3.63, 3.8) is 0 Å². The van der Waals surface area contributed by atoms with Crippen LogP contribution in [0.1, 0.15) is 30.4 Å². The topological polar surface area (TPSA) is 75.6 Å². The number of carboxylic acids is 1. The summed E-state index contributed by atoms with van der Waals surface area (Å²) in [6.45, 7) is 1.89. The van der Waals surface area contributed by atoms with Crippen molar-refractivity contribution < 1.29 is 23.8 Å². The van der Waals surface area contributed by atoms with Gasteiger partial charge >= 0.3 is 5.97 Å². The van der Waals surface area contributed by atoms with Gasteiger partial charge in [0.15, 0.2) is 0 Å². The Morgan fingerprint density at radius 2 is 1.88 bits per heavy atom. The van der Waals surface area contributed by atoms with Crippen LogP contribution in [0.15, 0.2) is 42.5 Å². The summed E-state index contributed by atoms with van der Waals surface area (Å²) in [6.07, 6.45) is 0.182. The largest absolute Gasteiger partial charge is 0.497 e. The van der Waals surface area contributed by atoms with E-state index in [1.54, 1.807) is 19.2 Å². The third kappa shape index (κ3) is 4.79. The van der Waals surface area contributed by atoms with Crippen molar-refractivity contribution in [1.29, 1.82) is 0 Å². The maximum Gasteiger partial charge on any atom is 0.307 e. The molecule has 0 spiro atoms. The summed E-state index contributed by atoms with van der Waals surface area (Å²) in [6, 6.07) is 11.2. The Labute approximate surface area is 145 Å². The van der Waals surface area contributed by atoms with Gasteiger partial charge < -0.3 is 15.2 Å². The van der Waals surface area contributed by atoms with Crippen molar-refractivity contribution in [2.75, 3.05) is 12.4 Å². The fourth-order valence-corrected chi connectivity index (χ4v) is 2.57. The lowest BCUT2D eigenvalue weighted by atomic mass is 9.95. The lowest BCUT2D eigenvalue weighted by molar-refractivity contribution is -0.136. The predicted octanol–water partition coefficient (Wildman–Crippen LogP) is 3.59. The highest BCUT2D eigenvalue weighted by atomic mass is 19.1. The third-order valence-corrected chi connectivity index (χ3v) is 3.91. The number of halogens is 1. The number of carbonyl (C=O) groups is 2. The molecule has 2 N–H and O–H groups in total. The van der Waals surface area contributed by atoms with Crippen molar-refractivity contribution in [2.45, 2.75) is 25.7 Å². The minimum Gasteiger partial charge on any atom is -0.497 e. The zero-order valence-corrected chi connectivity index (χ0v) is 14.1. The van der Waals surface area contributed by atoms with Crippen LogP contribution in [-0.4, -0.2) is 24.1 Å². The monoisotopic (exact) mass is 345 g/mol. The molecule has 1 atom stereocenters. The van der Waals surface area contributed by atoms with Gasteiger partial charge in [0.25, 0.3) is 0 Å². The first-order valence-electron chi connectivity index (χ1n) is 7.89. The minimum absolute atomic E-state index is 0.0766. The number of ether oxygens (including phenoxy) is 1. The normalized spacial score (nSPS) is 11.6. The molecule has 1 unspecified atom stereocenters. The average Bonchev–Trinajstić information content (AvgIpc) is 2.58. The highest BCUT2D eigenvalue weighted by molar-refractivity contribution is 5.95. The molecule has 2 aromatic carbocycles. The maximum absolute atomic E-state index is 13.9. The molecule has 0 heterocycles. The molecule has 2 aromatic rings. The molecule has 2 rings (SSSR count). The highest BCUT2D eigenvalue weighted by Crippen LogP contribution is 2.24. The van der Waals surface area contributed by atoms with Gasteiger partial charge in [-0.3, -0.25) is 9.59 Å². The molecule has 0 fully saturated rings. The molecule has 0 aliphatic rings. The van der Waals surface area contributed by atoms with Crippen LogP contribution in [0.25, 0.3) is 0 Å². The number of benzene rings is 2. The fraction of sp³-hybridized carbons (Fsp3) is 0.263. The van der Waals surface area contributed by atoms with Crippen LogP contribution in [0.5, 0.6) is 5.75 Å². The Bertz CT molecular complexity index is 759. The highest BCUT2D eigenvalue weighted by Gasteiger charge is 2.19. The first kappa shape index (κ1) is 18.4. The van der Waals surface area contributed by atoms with Crippen molar-refractivity contribution in [3.8, 4) is 5.75 Å². The number of amides is 1. The second-order valence-electron chi connectivity index (χ2n) is 5.60. The summed E-state index contributed by atoms with van der Waals surface area (Å²) in [5.41, 5.74) is 1.21. The summed E-state index contributed by atoms with van der Waals surface area (Å²) >= 11 is 0. The third-order valence-electron chi connectivity index (χ3n) is 3.91. The number of anilines is 1. The number of hydrogen-bond acceptors (Lipinski definition) is 3. The molecular weight excluding hydrogens is 325 g/mol. The van der Waals surface area contributed by atoms with Crippen molar-refractivity contribution >= 4 is 17.6 Å². The van der Waals surface area contributed by atoms with Gasteiger partial charge in [0.2, 0.25) is 5.91 Å². The van der Waals surface area contributed by atoms with Crippen LogP contribution >= 0.6 is 0 Å². The Morgan fingerprint density at radius 1 is 1.20 bits per heavy atom. The second kappa shape index (κ2) is 8.28. The minimum atomic E-state index is -1.11. The molecule has 132 valence electrons. The Kier molecular flexibility index (Phi) is 6.11. The zero-order valence-electron chi connectivity index (χ0n) is 14.1. The number of aliphatic carboxylic acids is 1. The van der Waals surface area contributed by atoms with E-state index in [1.807, 2.05) is 19.1 Å². The van der Waals surface area contributed by atoms with Gasteiger partial charge in [-0.2, -0.15) is 0 Å². The van der Waals surface area contributed by atoms with Crippen molar-refractivity contribution in [2.24, 2.45) is 0 Å². The van der Waals surface area contributed by atoms with Gasteiger partial charge in [-0.05, 0) is 41.8 Å². The van der Waals surface area contributed by atoms with Gasteiger partial charge in [-0.1, -0.05) is 25.1 Å². The summed E-state index contributed by atoms with van der Waals surface area (Å²) in [7, 11) is 1.57. The molecule has 6 heteroatoms. The second-order valence-corrected chi connectivity index (χ2v) is 5.60. The first-order valence-corrected chi connectivity index (χ1v) is 7.89. The van der Waals surface area contributed by atoms with E-state index in [-0.39, 0.29) is 17.4 Å². The quantitative estimate of drug-likeness (QED) is 0.804. The summed E-state index contributed by atoms with van der Waals surface area (Å²) < 4.78 is 19.0. The van der Waals surface area contributed by atoms with E-state index < -0.39 is 18.2 Å². The standard InChI is InChI=1S/C19H20FNO4/c1-3-16(12-5-8-15(25-2)9-6-12)19(24)21-14-7-4-13(10-18(22)23)17(20)11-14/h4-9,11,16H,3,10H2,1-2H3,(H,21,24)(H,22,23). The van der Waals surface area contributed by atoms with Crippen molar-refractivity contribution in [1.82, 2.24) is 0 Å². The van der Waals surface area contributed by atoms with Gasteiger partial charge in [-0.25, -0.2) is 4.39 Å². The van der Waals surface area contributed by atoms with Crippen LogP contribution in [0.3, 0.4) is 0 Å². The lowest BCUT2D eigenvalue weighted by Gasteiger charge is -2.16. The molecule has 0 saturated heterocycles. The Morgan fingerprint density at radius 3 is 2.40 bits per heavy atom. The number of nitrogens with one attached hydrogen (secondary N) is 1. The van der Waals surface area contributed by atoms with E-state index in [0.29, 0.717) is 17.9 Å². The van der Waals surface area contributed by atoms with Gasteiger partial charge in [-0.15, -0.1) is 0 Å². The number of methoxy groups -OCH3 is 1. The molecule has 1 amide bonds. The van der Waals surface area contributed by atoms with E-state index in [1.165, 1.54) is 12.1 Å². The molecule has 0 aliphatic carbocycles. The van der Waals surface area contributed by atoms with Crippen LogP contribution in [0.4, 0.5) is 10.1 Å². The summed E-state index contributed by atoms with van der Waals surface area (Å²) in [5, 5.41) is 11.4. The molecule has 0 radical (unpaired) electrons. The number of hydrogen-bond donors (Lipinski definition) is 2. The molecule has 0 aliphatic heterocycles. The number of carboxylic acid groups (broad SMARTS) is 1. The van der Waals surface area contributed by atoms with Crippen LogP contribution in [0.2, 0.25) is 0 Å². The Balaban J connectivity index is 2.13. The van der Waals surface area contributed by atoms with Gasteiger partial charge in [0.1, 0.15) is 11.6 Å². The van der Waals surface area contributed by atoms with E-state index >= 15 is 0 Å². The zero-order chi connectivity index (χ0) is 18.4. The SMILES string of the molecule is CCC(C(=O)Nc1ccc(CC(=O)O)c(F)c1)c1ccc(OC)cc1. The van der Waals surface area contributed by atoms with Gasteiger partial charge in [0, 0.05) is 5.69 Å². The molecule has 25 heavy (non-hydrogen) atoms. The average molecular weight is 345 g/mol. The van der Waals surface area contributed by atoms with Crippen molar-refractivity contribution in [3.05, 3.63) is 59.4 Å². The molecule has 0 bridgehead atoms. The van der Waals surface area contributed by atoms with E-state index in [2.05, 4.69) is 5.32 Å². The number of rotatable bonds is 7. The van der Waals surface area contributed by atoms with Crippen LogP contribution < -0.4 is 10.1 Å². The molecular formula is C19H20FNO4. The van der Waals surface area contributed by atoms with Crippen LogP contribution in [-0.2, 0) is 16.0 Å². The molecule has 0 saturated carbocycles. The number of carbonyl (C=O) groups excluding carboxylic acids is 1. The summed E-state index contributed by atoms with van der Waals surface area (Å²) in [4.78, 5) is 23.2. The van der Waals surface area contributed by atoms with E-state index in [9.17, 15) is 14.0 Å². The first-order chi connectivity index (χ1) is 11.9. The van der Waals surface area contributed by atoms with Gasteiger partial charge in [0.05, 0.1) is 19.4 Å². The fourth-order valence-electron chi connectivity index (χ4n) is 2.57. The Hall–Kier alpha value is -2.89. The maximum atomic E-state index is 13.9.